The lowest BCUT2D eigenvalue weighted by atomic mass is 9.86. The molecule has 2 aromatic heterocycles. The lowest BCUT2D eigenvalue weighted by molar-refractivity contribution is 0.572. The molecule has 13 aromatic carbocycles. The van der Waals surface area contributed by atoms with E-state index < -0.39 is 0 Å². The van der Waals surface area contributed by atoms with Gasteiger partial charge < -0.3 is 18.6 Å². The Hall–Kier alpha value is -9.90. The number of hydrogen-bond donors (Lipinski definition) is 0. The Morgan fingerprint density at radius 2 is 0.560 bits per heavy atom. The second-order valence-electron chi connectivity index (χ2n) is 23.6. The van der Waals surface area contributed by atoms with Crippen molar-refractivity contribution < 1.29 is 8.83 Å². The number of nitrogens with zero attached hydrogens (tertiary/aromatic N) is 2. The van der Waals surface area contributed by atoms with Crippen molar-refractivity contribution in [3.05, 3.63) is 278 Å². The molecule has 2 heterocycles. The monoisotopic (exact) mass is 1090 g/mol. The number of rotatable bonds is 8. The van der Waals surface area contributed by atoms with E-state index in [9.17, 15) is 0 Å². The van der Waals surface area contributed by atoms with E-state index in [1.807, 2.05) is 50.2 Å². The number of furan rings is 2. The minimum absolute atomic E-state index is 0.110. The normalized spacial score (nSPS) is 11.8. The number of para-hydroxylation sites is 4. The van der Waals surface area contributed by atoms with Crippen LogP contribution in [0.1, 0.15) is 66.5 Å². The minimum atomic E-state index is -0.110. The van der Waals surface area contributed by atoms with Gasteiger partial charge in [-0.3, -0.25) is 0 Å². The number of benzene rings is 13. The van der Waals surface area contributed by atoms with E-state index >= 15 is 0 Å². The molecule has 0 fully saturated rings. The first-order valence-corrected chi connectivity index (χ1v) is 29.5. The fourth-order valence-corrected chi connectivity index (χ4v) is 12.4. The van der Waals surface area contributed by atoms with Gasteiger partial charge in [0.15, 0.2) is 11.2 Å². The third-order valence-electron chi connectivity index (χ3n) is 16.3. The summed E-state index contributed by atoms with van der Waals surface area (Å²) in [5, 5.41) is 11.5. The number of hydrogen-bond acceptors (Lipinski definition) is 4. The molecule has 0 spiro atoms. The molecule has 410 valence electrons. The number of fused-ring (bicyclic) bond motifs is 6. The molecule has 0 saturated heterocycles. The van der Waals surface area contributed by atoms with Crippen molar-refractivity contribution in [1.82, 2.24) is 0 Å². The summed E-state index contributed by atoms with van der Waals surface area (Å²) in [6.07, 6.45) is 0. The molecule has 0 aliphatic rings. The van der Waals surface area contributed by atoms with Crippen LogP contribution in [0.4, 0.5) is 34.1 Å². The third kappa shape index (κ3) is 9.48. The second kappa shape index (κ2) is 21.8. The van der Waals surface area contributed by atoms with Gasteiger partial charge in [0.05, 0.1) is 22.7 Å². The predicted octanol–water partition coefficient (Wildman–Crippen LogP) is 24.0. The molecule has 0 saturated carbocycles. The molecule has 0 radical (unpaired) electrons. The van der Waals surface area contributed by atoms with Gasteiger partial charge in [0.1, 0.15) is 11.2 Å². The molecule has 0 amide bonds. The van der Waals surface area contributed by atoms with Crippen LogP contribution in [0, 0.1) is 0 Å². The van der Waals surface area contributed by atoms with Gasteiger partial charge in [-0.1, -0.05) is 274 Å². The average molecular weight is 1090 g/mol. The molecule has 4 heteroatoms. The van der Waals surface area contributed by atoms with Gasteiger partial charge in [0.25, 0.3) is 0 Å². The Labute approximate surface area is 492 Å². The zero-order chi connectivity index (χ0) is 57.7. The molecule has 84 heavy (non-hydrogen) atoms. The summed E-state index contributed by atoms with van der Waals surface area (Å²) in [6, 6.07) is 96.0. The maximum Gasteiger partial charge on any atom is 0.159 e. The first-order chi connectivity index (χ1) is 41.0. The zero-order valence-electron chi connectivity index (χ0n) is 49.1. The van der Waals surface area contributed by atoms with Crippen LogP contribution in [0.25, 0.3) is 98.4 Å². The summed E-state index contributed by atoms with van der Waals surface area (Å²) in [4.78, 5) is 4.83. The Morgan fingerprint density at radius 3 is 0.917 bits per heavy atom. The van der Waals surface area contributed by atoms with Crippen molar-refractivity contribution in [2.24, 2.45) is 0 Å². The van der Waals surface area contributed by atoms with Gasteiger partial charge in [-0.25, -0.2) is 0 Å². The lowest BCUT2D eigenvalue weighted by Crippen LogP contribution is -2.12. The highest BCUT2D eigenvalue weighted by molar-refractivity contribution is 6.29. The Bertz CT molecular complexity index is 4470. The Kier molecular flexibility index (Phi) is 13.8. The van der Waals surface area contributed by atoms with Gasteiger partial charge in [-0.05, 0) is 103 Å². The van der Waals surface area contributed by atoms with Gasteiger partial charge >= 0.3 is 0 Å². The van der Waals surface area contributed by atoms with E-state index in [0.29, 0.717) is 0 Å². The second-order valence-corrected chi connectivity index (χ2v) is 23.6. The van der Waals surface area contributed by atoms with Gasteiger partial charge in [-0.15, -0.1) is 0 Å². The van der Waals surface area contributed by atoms with Crippen LogP contribution in [0.2, 0.25) is 0 Å². The highest BCUT2D eigenvalue weighted by Gasteiger charge is 2.28. The van der Waals surface area contributed by atoms with Crippen molar-refractivity contribution in [2.45, 2.75) is 66.2 Å². The van der Waals surface area contributed by atoms with Gasteiger partial charge in [-0.2, -0.15) is 0 Å². The van der Waals surface area contributed by atoms with Crippen LogP contribution in [-0.4, -0.2) is 0 Å². The summed E-state index contributed by atoms with van der Waals surface area (Å²) in [6.45, 7) is 17.6. The van der Waals surface area contributed by atoms with Crippen molar-refractivity contribution in [1.29, 1.82) is 0 Å². The van der Waals surface area contributed by atoms with E-state index in [4.69, 9.17) is 8.83 Å². The summed E-state index contributed by atoms with van der Waals surface area (Å²) < 4.78 is 14.3. The van der Waals surface area contributed by atoms with Crippen molar-refractivity contribution in [2.75, 3.05) is 9.80 Å². The summed E-state index contributed by atoms with van der Waals surface area (Å²) in [5.74, 6) is 0. The molecule has 4 nitrogen and oxygen atoms in total. The maximum atomic E-state index is 7.16. The first-order valence-electron chi connectivity index (χ1n) is 29.5. The topological polar surface area (TPSA) is 32.8 Å². The molecule has 15 rings (SSSR count). The van der Waals surface area contributed by atoms with Crippen molar-refractivity contribution in [3.8, 4) is 22.3 Å². The number of anilines is 6. The highest BCUT2D eigenvalue weighted by atomic mass is 16.3. The fraction of sp³-hybridized carbons (Fsp3) is 0.125. The molecule has 0 aliphatic heterocycles. The quantitative estimate of drug-likeness (QED) is 0.142. The molecule has 15 aromatic rings. The summed E-state index contributed by atoms with van der Waals surface area (Å²) in [7, 11) is 0. The van der Waals surface area contributed by atoms with E-state index in [1.165, 1.54) is 43.8 Å². The van der Waals surface area contributed by atoms with Crippen molar-refractivity contribution >= 4 is 110 Å². The van der Waals surface area contributed by atoms with Gasteiger partial charge in [0, 0.05) is 54.8 Å². The molecule has 0 aliphatic carbocycles. The molecule has 0 unspecified atom stereocenters. The predicted molar refractivity (Wildman–Crippen MR) is 360 cm³/mol. The third-order valence-corrected chi connectivity index (χ3v) is 16.3. The SMILES string of the molecule is CC.CC(C)(C)c1cccc2c1oc1c(N(c3ccc(-c4ccccc4)cc3)c3ccc4ccc5c(N(c6ccc(-c7ccccc7)cc6)c6cccc7c6oc6c(C(C)(C)C)cccc67)ccc6ccc3c4c65)cccc12.c1ccccc1. The Morgan fingerprint density at radius 1 is 0.250 bits per heavy atom. The first kappa shape index (κ1) is 53.4. The van der Waals surface area contributed by atoms with E-state index in [0.717, 1.165) is 99.9 Å². The Balaban J connectivity index is 0.000000769. The van der Waals surface area contributed by atoms with Crippen LogP contribution in [0.15, 0.2) is 276 Å². The van der Waals surface area contributed by atoms with E-state index in [1.54, 1.807) is 0 Å². The minimum Gasteiger partial charge on any atom is -0.454 e. The lowest BCUT2D eigenvalue weighted by Gasteiger charge is -2.29. The average Bonchev–Trinajstić information content (AvgIpc) is 1.54. The molecule has 0 N–H and O–H groups in total. The fourth-order valence-electron chi connectivity index (χ4n) is 12.4. The van der Waals surface area contributed by atoms with Gasteiger partial charge in [0.2, 0.25) is 0 Å². The largest absolute Gasteiger partial charge is 0.454 e. The highest BCUT2D eigenvalue weighted by Crippen LogP contribution is 2.51. The van der Waals surface area contributed by atoms with E-state index in [-0.39, 0.29) is 10.8 Å². The van der Waals surface area contributed by atoms with E-state index in [2.05, 4.69) is 282 Å². The zero-order valence-corrected chi connectivity index (χ0v) is 49.1. The standard InChI is InChI=1S/C72H56N2O2.C6H6.C2H6/c1-71(2,3)59-25-13-21-53-55-23-15-27-63(69(55)75-67(53)59)73(51-37-29-47(30-38-51)45-17-9-7-10-18-45)61-43-35-49-34-42-58-62(44-36-50-33-41-57(61)65(49)66(50)58)74(52-39-31-48(32-40-52)46-19-11-8-12-20-46)64-28-16-24-56-54-22-14-26-60(72(4,5)6)68(54)76-70(56)64;1-2-4-6-5-3-1;1-2/h7-44H,1-6H3;1-6H;1-2H3. The molecule has 0 bridgehead atoms. The van der Waals surface area contributed by atoms with Crippen LogP contribution in [0.5, 0.6) is 0 Å². The summed E-state index contributed by atoms with van der Waals surface area (Å²) in [5.41, 5.74) is 16.6. The maximum absolute atomic E-state index is 7.16. The smallest absolute Gasteiger partial charge is 0.159 e. The molecular formula is C80H68N2O2. The molecular weight excluding hydrogens is 1020 g/mol. The van der Waals surface area contributed by atoms with Crippen LogP contribution >= 0.6 is 0 Å². The van der Waals surface area contributed by atoms with Crippen molar-refractivity contribution in [3.63, 3.8) is 0 Å². The van der Waals surface area contributed by atoms with Crippen LogP contribution in [-0.2, 0) is 10.8 Å². The van der Waals surface area contributed by atoms with Crippen LogP contribution < -0.4 is 9.80 Å². The van der Waals surface area contributed by atoms with Crippen LogP contribution in [0.3, 0.4) is 0 Å². The molecule has 0 atom stereocenters. The summed E-state index contributed by atoms with van der Waals surface area (Å²) >= 11 is 0.